The lowest BCUT2D eigenvalue weighted by Gasteiger charge is -2.32. The highest BCUT2D eigenvalue weighted by molar-refractivity contribution is 8.01. The van der Waals surface area contributed by atoms with Gasteiger partial charge in [-0.3, -0.25) is 25.0 Å². The maximum Gasteiger partial charge on any atom is 0.269 e. The molecule has 1 saturated heterocycles. The van der Waals surface area contributed by atoms with Crippen LogP contribution in [0.2, 0.25) is 0 Å². The molecular weight excluding hydrogens is 404 g/mol. The monoisotopic (exact) mass is 422 g/mol. The standard InChI is InChI=1S/C16H18N6O4S2/c1-20-6-8-21(9-7-20)13(23)10-27-16-19-18-15(28-16)17-14(24)11-2-4-12(5-3-11)22(25)26/h2-5H,6-10H2,1H3,(H,17,18,24). The summed E-state index contributed by atoms with van der Waals surface area (Å²) in [4.78, 5) is 38.6. The van der Waals surface area contributed by atoms with Crippen molar-refractivity contribution < 1.29 is 14.5 Å². The van der Waals surface area contributed by atoms with E-state index in [4.69, 9.17) is 0 Å². The van der Waals surface area contributed by atoms with Gasteiger partial charge >= 0.3 is 0 Å². The fourth-order valence-corrected chi connectivity index (χ4v) is 4.14. The van der Waals surface area contributed by atoms with Crippen molar-refractivity contribution in [1.82, 2.24) is 20.0 Å². The Morgan fingerprint density at radius 3 is 2.54 bits per heavy atom. The topological polar surface area (TPSA) is 122 Å². The van der Waals surface area contributed by atoms with Gasteiger partial charge < -0.3 is 9.80 Å². The normalized spacial score (nSPS) is 14.7. The Balaban J connectivity index is 1.50. The van der Waals surface area contributed by atoms with E-state index < -0.39 is 10.8 Å². The molecule has 0 radical (unpaired) electrons. The van der Waals surface area contributed by atoms with Crippen LogP contribution in [-0.2, 0) is 4.79 Å². The number of rotatable bonds is 6. The largest absolute Gasteiger partial charge is 0.339 e. The van der Waals surface area contributed by atoms with Gasteiger partial charge in [0.15, 0.2) is 4.34 Å². The Morgan fingerprint density at radius 1 is 1.21 bits per heavy atom. The van der Waals surface area contributed by atoms with Crippen molar-refractivity contribution in [2.24, 2.45) is 0 Å². The first kappa shape index (κ1) is 20.2. The van der Waals surface area contributed by atoms with Crippen LogP contribution in [0.1, 0.15) is 10.4 Å². The van der Waals surface area contributed by atoms with Gasteiger partial charge in [-0.1, -0.05) is 23.1 Å². The number of nitro benzene ring substituents is 1. The van der Waals surface area contributed by atoms with E-state index in [0.717, 1.165) is 26.2 Å². The van der Waals surface area contributed by atoms with Gasteiger partial charge in [-0.15, -0.1) is 10.2 Å². The third kappa shape index (κ3) is 5.24. The Kier molecular flexibility index (Phi) is 6.54. The van der Waals surface area contributed by atoms with Crippen molar-refractivity contribution in [3.63, 3.8) is 0 Å². The summed E-state index contributed by atoms with van der Waals surface area (Å²) in [5.74, 6) is -0.102. The smallest absolute Gasteiger partial charge is 0.269 e. The molecule has 28 heavy (non-hydrogen) atoms. The number of nitro groups is 1. The average Bonchev–Trinajstić information content (AvgIpc) is 3.14. The highest BCUT2D eigenvalue weighted by atomic mass is 32.2. The van der Waals surface area contributed by atoms with E-state index >= 15 is 0 Å². The van der Waals surface area contributed by atoms with Gasteiger partial charge in [0.05, 0.1) is 10.7 Å². The van der Waals surface area contributed by atoms with Crippen LogP contribution in [-0.4, -0.2) is 75.7 Å². The summed E-state index contributed by atoms with van der Waals surface area (Å²) in [5, 5.41) is 21.4. The molecule has 1 fully saturated rings. The SMILES string of the molecule is CN1CCN(C(=O)CSc2nnc(NC(=O)c3ccc([N+](=O)[O-])cc3)s2)CC1. The number of anilines is 1. The highest BCUT2D eigenvalue weighted by Crippen LogP contribution is 2.26. The summed E-state index contributed by atoms with van der Waals surface area (Å²) in [7, 11) is 2.03. The number of aromatic nitrogens is 2. The third-order valence-corrected chi connectivity index (χ3v) is 6.10. The Labute approximate surface area is 169 Å². The van der Waals surface area contributed by atoms with E-state index in [9.17, 15) is 19.7 Å². The lowest BCUT2D eigenvalue weighted by molar-refractivity contribution is -0.384. The van der Waals surface area contributed by atoms with Crippen molar-refractivity contribution in [1.29, 1.82) is 0 Å². The van der Waals surface area contributed by atoms with Crippen LogP contribution in [0, 0.1) is 10.1 Å². The van der Waals surface area contributed by atoms with Crippen LogP contribution >= 0.6 is 23.1 Å². The number of carbonyl (C=O) groups excluding carboxylic acids is 2. The van der Waals surface area contributed by atoms with Crippen LogP contribution < -0.4 is 5.32 Å². The third-order valence-electron chi connectivity index (χ3n) is 4.14. The molecule has 0 saturated carbocycles. The van der Waals surface area contributed by atoms with Crippen LogP contribution in [0.4, 0.5) is 10.8 Å². The molecule has 2 heterocycles. The molecule has 1 aliphatic heterocycles. The molecule has 1 N–H and O–H groups in total. The van der Waals surface area contributed by atoms with E-state index in [1.165, 1.54) is 47.4 Å². The van der Waals surface area contributed by atoms with Crippen molar-refractivity contribution in [2.75, 3.05) is 44.3 Å². The van der Waals surface area contributed by atoms with Crippen molar-refractivity contribution in [2.45, 2.75) is 4.34 Å². The van der Waals surface area contributed by atoms with E-state index in [2.05, 4.69) is 20.4 Å². The van der Waals surface area contributed by atoms with Crippen LogP contribution in [0.3, 0.4) is 0 Å². The zero-order valence-corrected chi connectivity index (χ0v) is 16.7. The Hall–Kier alpha value is -2.57. The van der Waals surface area contributed by atoms with Gasteiger partial charge in [-0.05, 0) is 19.2 Å². The first-order valence-electron chi connectivity index (χ1n) is 8.41. The molecular formula is C16H18N6O4S2. The van der Waals surface area contributed by atoms with Crippen LogP contribution in [0.25, 0.3) is 0 Å². The van der Waals surface area contributed by atoms with Crippen LogP contribution in [0.15, 0.2) is 28.6 Å². The van der Waals surface area contributed by atoms with Crippen LogP contribution in [0.5, 0.6) is 0 Å². The van der Waals surface area contributed by atoms with E-state index in [1.54, 1.807) is 0 Å². The molecule has 2 amide bonds. The van der Waals surface area contributed by atoms with Gasteiger partial charge in [0, 0.05) is 43.9 Å². The molecule has 12 heteroatoms. The Morgan fingerprint density at radius 2 is 1.89 bits per heavy atom. The minimum Gasteiger partial charge on any atom is -0.339 e. The molecule has 0 bridgehead atoms. The lowest BCUT2D eigenvalue weighted by atomic mass is 10.2. The van der Waals surface area contributed by atoms with Gasteiger partial charge in [0.2, 0.25) is 11.0 Å². The van der Waals surface area contributed by atoms with E-state index in [0.29, 0.717) is 9.47 Å². The molecule has 0 unspecified atom stereocenters. The number of non-ortho nitro benzene ring substituents is 1. The summed E-state index contributed by atoms with van der Waals surface area (Å²) in [6.45, 7) is 3.19. The second kappa shape index (κ2) is 9.08. The number of carbonyl (C=O) groups is 2. The number of nitrogens with one attached hydrogen (secondary N) is 1. The highest BCUT2D eigenvalue weighted by Gasteiger charge is 2.20. The zero-order valence-electron chi connectivity index (χ0n) is 15.0. The van der Waals surface area contributed by atoms with Crippen molar-refractivity contribution >= 4 is 45.7 Å². The lowest BCUT2D eigenvalue weighted by Crippen LogP contribution is -2.47. The molecule has 0 spiro atoms. The maximum absolute atomic E-state index is 12.2. The molecule has 0 aliphatic carbocycles. The average molecular weight is 422 g/mol. The molecule has 1 aliphatic rings. The summed E-state index contributed by atoms with van der Waals surface area (Å²) >= 11 is 2.46. The predicted molar refractivity (Wildman–Crippen MR) is 106 cm³/mol. The molecule has 1 aromatic carbocycles. The number of hydrogen-bond donors (Lipinski definition) is 1. The Bertz CT molecular complexity index is 864. The minimum atomic E-state index is -0.528. The van der Waals surface area contributed by atoms with Crippen molar-refractivity contribution in [3.05, 3.63) is 39.9 Å². The number of benzene rings is 1. The fraction of sp³-hybridized carbons (Fsp3) is 0.375. The summed E-state index contributed by atoms with van der Waals surface area (Å²) in [5.41, 5.74) is 0.191. The van der Waals surface area contributed by atoms with Gasteiger partial charge in [-0.25, -0.2) is 0 Å². The molecule has 0 atom stereocenters. The number of piperazine rings is 1. The first-order valence-corrected chi connectivity index (χ1v) is 10.2. The zero-order chi connectivity index (χ0) is 20.1. The van der Waals surface area contributed by atoms with E-state index in [1.807, 2.05) is 11.9 Å². The summed E-state index contributed by atoms with van der Waals surface area (Å²) in [6, 6.07) is 5.28. The van der Waals surface area contributed by atoms with Crippen molar-refractivity contribution in [3.8, 4) is 0 Å². The fourth-order valence-electron chi connectivity index (χ4n) is 2.49. The molecule has 1 aromatic heterocycles. The number of thioether (sulfide) groups is 1. The van der Waals surface area contributed by atoms with Gasteiger partial charge in [-0.2, -0.15) is 0 Å². The van der Waals surface area contributed by atoms with E-state index in [-0.39, 0.29) is 22.9 Å². The number of nitrogens with zero attached hydrogens (tertiary/aromatic N) is 5. The predicted octanol–water partition coefficient (Wildman–Crippen LogP) is 1.56. The molecule has 148 valence electrons. The first-order chi connectivity index (χ1) is 13.4. The second-order valence-corrected chi connectivity index (χ2v) is 8.30. The quantitative estimate of drug-likeness (QED) is 0.322. The summed E-state index contributed by atoms with van der Waals surface area (Å²) in [6.07, 6.45) is 0. The number of likely N-dealkylation sites (N-methyl/N-ethyl adjacent to an activating group) is 1. The molecule has 10 nitrogen and oxygen atoms in total. The number of amides is 2. The minimum absolute atomic E-state index is 0.0600. The number of hydrogen-bond acceptors (Lipinski definition) is 9. The summed E-state index contributed by atoms with van der Waals surface area (Å²) < 4.78 is 0.585. The molecule has 3 rings (SSSR count). The van der Waals surface area contributed by atoms with Gasteiger partial charge in [0.1, 0.15) is 0 Å². The van der Waals surface area contributed by atoms with Gasteiger partial charge in [0.25, 0.3) is 11.6 Å². The second-order valence-electron chi connectivity index (χ2n) is 6.10. The maximum atomic E-state index is 12.2. The molecule has 2 aromatic rings.